The zero-order valence-corrected chi connectivity index (χ0v) is 20.5. The molecule has 0 spiro atoms. The molecule has 0 bridgehead atoms. The molecule has 0 aliphatic rings. The summed E-state index contributed by atoms with van der Waals surface area (Å²) in [6.45, 7) is 9.29. The van der Waals surface area contributed by atoms with Gasteiger partial charge in [-0.1, -0.05) is 115 Å². The lowest BCUT2D eigenvalue weighted by Crippen LogP contribution is -2.32. The fourth-order valence-corrected chi connectivity index (χ4v) is 4.43. The van der Waals surface area contributed by atoms with Crippen molar-refractivity contribution < 1.29 is 0 Å². The highest BCUT2D eigenvalue weighted by Gasteiger charge is 2.22. The molecule has 2 aromatic rings. The van der Waals surface area contributed by atoms with Crippen LogP contribution in [0.4, 0.5) is 0 Å². The number of hydrogen-bond acceptors (Lipinski definition) is 2. The third-order valence-corrected chi connectivity index (χ3v) is 6.37. The minimum Gasteiger partial charge on any atom is -0.341 e. The fraction of sp³-hybridized carbons (Fsp3) is 0.679. The first-order valence-corrected chi connectivity index (χ1v) is 13.1. The zero-order valence-electron chi connectivity index (χ0n) is 20.5. The Kier molecular flexibility index (Phi) is 13.3. The first kappa shape index (κ1) is 25.6. The lowest BCUT2D eigenvalue weighted by atomic mass is 10.0. The molecule has 1 aromatic heterocycles. The summed E-state index contributed by atoms with van der Waals surface area (Å²) in [7, 11) is 0. The van der Waals surface area contributed by atoms with E-state index in [4.69, 9.17) is 4.98 Å². The van der Waals surface area contributed by atoms with Gasteiger partial charge < -0.3 is 4.98 Å². The number of H-pyrrole nitrogens is 1. The van der Waals surface area contributed by atoms with Gasteiger partial charge >= 0.3 is 0 Å². The molecule has 2 rings (SSSR count). The van der Waals surface area contributed by atoms with Gasteiger partial charge in [0.15, 0.2) is 0 Å². The van der Waals surface area contributed by atoms with E-state index >= 15 is 0 Å². The van der Waals surface area contributed by atoms with Crippen molar-refractivity contribution in [3.8, 4) is 11.3 Å². The molecule has 0 aliphatic heterocycles. The fourth-order valence-electron chi connectivity index (χ4n) is 4.43. The number of imidazole rings is 1. The molecule has 1 atom stereocenters. The third kappa shape index (κ3) is 9.60. The number of aromatic amines is 1. The van der Waals surface area contributed by atoms with Gasteiger partial charge in [0.05, 0.1) is 17.9 Å². The van der Waals surface area contributed by atoms with Crippen LogP contribution < -0.4 is 0 Å². The van der Waals surface area contributed by atoms with Crippen LogP contribution >= 0.6 is 0 Å². The van der Waals surface area contributed by atoms with Crippen molar-refractivity contribution in [2.75, 3.05) is 13.1 Å². The van der Waals surface area contributed by atoms with E-state index in [-0.39, 0.29) is 0 Å². The second-order valence-electron chi connectivity index (χ2n) is 9.07. The molecule has 1 heterocycles. The van der Waals surface area contributed by atoms with Crippen LogP contribution in [0.5, 0.6) is 0 Å². The molecule has 0 unspecified atom stereocenters. The van der Waals surface area contributed by atoms with Gasteiger partial charge in [-0.3, -0.25) is 4.90 Å². The van der Waals surface area contributed by atoms with Gasteiger partial charge in [-0.2, -0.15) is 0 Å². The van der Waals surface area contributed by atoms with E-state index in [1.54, 1.807) is 0 Å². The molecular weight excluding hydrogens is 378 g/mol. The molecule has 174 valence electrons. The van der Waals surface area contributed by atoms with E-state index in [1.165, 1.54) is 108 Å². The summed E-state index contributed by atoms with van der Waals surface area (Å²) in [5.41, 5.74) is 2.37. The lowest BCUT2D eigenvalue weighted by molar-refractivity contribution is 0.169. The minimum absolute atomic E-state index is 0.414. The maximum absolute atomic E-state index is 4.90. The van der Waals surface area contributed by atoms with Crippen LogP contribution in [0.25, 0.3) is 11.3 Å². The standard InChI is InChI=1S/C28H47N3/c1-4-7-10-16-21-27(28-29-24-26(30-28)25-19-14-13-15-20-25)31(22-17-11-8-5-2)23-18-12-9-6-3/h13-15,19-20,24,27H,4-12,16-18,21-23H2,1-3H3,(H,29,30)/t27-/m0/s1. The van der Waals surface area contributed by atoms with Crippen LogP contribution in [-0.4, -0.2) is 28.0 Å². The molecule has 0 fully saturated rings. The molecule has 3 nitrogen and oxygen atoms in total. The Morgan fingerprint density at radius 1 is 0.742 bits per heavy atom. The van der Waals surface area contributed by atoms with Gasteiger partial charge in [0.2, 0.25) is 0 Å². The Labute approximate surface area is 192 Å². The van der Waals surface area contributed by atoms with Crippen molar-refractivity contribution in [3.63, 3.8) is 0 Å². The first-order valence-electron chi connectivity index (χ1n) is 13.1. The van der Waals surface area contributed by atoms with Crippen LogP contribution in [0, 0.1) is 0 Å². The first-order chi connectivity index (χ1) is 15.3. The highest BCUT2D eigenvalue weighted by atomic mass is 15.2. The van der Waals surface area contributed by atoms with E-state index in [1.807, 2.05) is 6.20 Å². The Morgan fingerprint density at radius 3 is 1.90 bits per heavy atom. The SMILES string of the molecule is CCCCCC[C@@H](c1ncc(-c2ccccc2)[nH]1)N(CCCCCC)CCCCCC. The van der Waals surface area contributed by atoms with E-state index in [9.17, 15) is 0 Å². The molecule has 0 saturated heterocycles. The second kappa shape index (κ2) is 16.1. The highest BCUT2D eigenvalue weighted by molar-refractivity contribution is 5.58. The Bertz CT molecular complexity index is 652. The van der Waals surface area contributed by atoms with Crippen LogP contribution in [-0.2, 0) is 0 Å². The minimum atomic E-state index is 0.414. The number of nitrogens with one attached hydrogen (secondary N) is 1. The van der Waals surface area contributed by atoms with Crippen molar-refractivity contribution >= 4 is 0 Å². The average molecular weight is 426 g/mol. The van der Waals surface area contributed by atoms with Crippen LogP contribution in [0.2, 0.25) is 0 Å². The van der Waals surface area contributed by atoms with E-state index in [2.05, 4.69) is 61.0 Å². The van der Waals surface area contributed by atoms with E-state index in [0.29, 0.717) is 6.04 Å². The Balaban J connectivity index is 2.14. The van der Waals surface area contributed by atoms with E-state index in [0.717, 1.165) is 5.69 Å². The van der Waals surface area contributed by atoms with Gasteiger partial charge in [-0.25, -0.2) is 4.98 Å². The molecule has 1 aromatic carbocycles. The van der Waals surface area contributed by atoms with Crippen molar-refractivity contribution in [3.05, 3.63) is 42.4 Å². The number of rotatable bonds is 18. The summed E-state index contributed by atoms with van der Waals surface area (Å²) in [4.78, 5) is 11.4. The van der Waals surface area contributed by atoms with Crippen LogP contribution in [0.3, 0.4) is 0 Å². The number of unbranched alkanes of at least 4 members (excludes halogenated alkanes) is 9. The van der Waals surface area contributed by atoms with Crippen molar-refractivity contribution in [1.29, 1.82) is 0 Å². The predicted molar refractivity (Wildman–Crippen MR) is 135 cm³/mol. The summed E-state index contributed by atoms with van der Waals surface area (Å²) in [6, 6.07) is 11.0. The van der Waals surface area contributed by atoms with Gasteiger partial charge in [-0.15, -0.1) is 0 Å². The molecular formula is C28H47N3. The predicted octanol–water partition coefficient (Wildman–Crippen LogP) is 8.55. The third-order valence-electron chi connectivity index (χ3n) is 6.37. The smallest absolute Gasteiger partial charge is 0.123 e. The van der Waals surface area contributed by atoms with E-state index < -0.39 is 0 Å². The summed E-state index contributed by atoms with van der Waals surface area (Å²) in [6.07, 6.45) is 19.1. The molecule has 3 heteroatoms. The van der Waals surface area contributed by atoms with Crippen molar-refractivity contribution in [2.24, 2.45) is 0 Å². The summed E-state index contributed by atoms with van der Waals surface area (Å²) in [5.74, 6) is 1.17. The summed E-state index contributed by atoms with van der Waals surface area (Å²) in [5, 5.41) is 0. The topological polar surface area (TPSA) is 31.9 Å². The normalized spacial score (nSPS) is 12.5. The van der Waals surface area contributed by atoms with Gasteiger partial charge in [0.25, 0.3) is 0 Å². The maximum Gasteiger partial charge on any atom is 0.123 e. The molecule has 1 N–H and O–H groups in total. The quantitative estimate of drug-likeness (QED) is 0.243. The van der Waals surface area contributed by atoms with Gasteiger partial charge in [0, 0.05) is 0 Å². The number of benzene rings is 1. The summed E-state index contributed by atoms with van der Waals surface area (Å²) >= 11 is 0. The lowest BCUT2D eigenvalue weighted by Gasteiger charge is -2.31. The Hall–Kier alpha value is -1.61. The summed E-state index contributed by atoms with van der Waals surface area (Å²) < 4.78 is 0. The molecule has 0 radical (unpaired) electrons. The second-order valence-corrected chi connectivity index (χ2v) is 9.07. The molecule has 31 heavy (non-hydrogen) atoms. The number of aromatic nitrogens is 2. The largest absolute Gasteiger partial charge is 0.341 e. The highest BCUT2D eigenvalue weighted by Crippen LogP contribution is 2.28. The van der Waals surface area contributed by atoms with Crippen molar-refractivity contribution in [1.82, 2.24) is 14.9 Å². The maximum atomic E-state index is 4.90. The number of nitrogens with zero attached hydrogens (tertiary/aromatic N) is 2. The van der Waals surface area contributed by atoms with Crippen molar-refractivity contribution in [2.45, 2.75) is 110 Å². The number of hydrogen-bond donors (Lipinski definition) is 1. The van der Waals surface area contributed by atoms with Crippen LogP contribution in [0.15, 0.2) is 36.5 Å². The Morgan fingerprint density at radius 2 is 1.32 bits per heavy atom. The van der Waals surface area contributed by atoms with Crippen LogP contribution in [0.1, 0.15) is 116 Å². The molecule has 0 aliphatic carbocycles. The monoisotopic (exact) mass is 425 g/mol. The molecule has 0 amide bonds. The van der Waals surface area contributed by atoms with Gasteiger partial charge in [0.1, 0.15) is 5.82 Å². The zero-order chi connectivity index (χ0) is 22.2. The average Bonchev–Trinajstić information content (AvgIpc) is 3.29. The van der Waals surface area contributed by atoms with Gasteiger partial charge in [-0.05, 0) is 37.9 Å². The molecule has 0 saturated carbocycles.